The molecule has 2 fully saturated rings. The van der Waals surface area contributed by atoms with E-state index in [2.05, 4.69) is 6.58 Å². The summed E-state index contributed by atoms with van der Waals surface area (Å²) in [4.78, 5) is 27.8. The fourth-order valence-electron chi connectivity index (χ4n) is 3.66. The summed E-state index contributed by atoms with van der Waals surface area (Å²) < 4.78 is 0. The lowest BCUT2D eigenvalue weighted by Crippen LogP contribution is -2.52. The first-order chi connectivity index (χ1) is 9.67. The van der Waals surface area contributed by atoms with Crippen molar-refractivity contribution in [3.8, 4) is 0 Å². The summed E-state index contributed by atoms with van der Waals surface area (Å²) in [6.07, 6.45) is 8.59. The largest absolute Gasteiger partial charge is 0.338 e. The first kappa shape index (κ1) is 15.1. The maximum atomic E-state index is 12.5. The molecule has 0 aromatic rings. The van der Waals surface area contributed by atoms with Crippen LogP contribution in [0.5, 0.6) is 0 Å². The van der Waals surface area contributed by atoms with Crippen LogP contribution in [-0.2, 0) is 9.59 Å². The predicted molar refractivity (Wildman–Crippen MR) is 79.1 cm³/mol. The van der Waals surface area contributed by atoms with Crippen molar-refractivity contribution in [2.24, 2.45) is 5.92 Å². The Hall–Kier alpha value is -1.32. The lowest BCUT2D eigenvalue weighted by molar-refractivity contribution is -0.142. The third-order valence-corrected chi connectivity index (χ3v) is 4.76. The number of carbonyl (C=O) groups is 2. The number of likely N-dealkylation sites (tertiary alicyclic amines) is 1. The SMILES string of the molecule is C=CC(=O)N(CC)CC(=O)N1CCC[C@@H]2CCCC[C@@H]21. The average molecular weight is 278 g/mol. The summed E-state index contributed by atoms with van der Waals surface area (Å²) in [5.41, 5.74) is 0. The normalized spacial score (nSPS) is 25.8. The van der Waals surface area contributed by atoms with Crippen molar-refractivity contribution in [1.82, 2.24) is 9.80 Å². The molecule has 0 radical (unpaired) electrons. The van der Waals surface area contributed by atoms with E-state index in [1.54, 1.807) is 4.90 Å². The molecule has 1 saturated heterocycles. The van der Waals surface area contributed by atoms with Crippen LogP contribution in [0.4, 0.5) is 0 Å². The third kappa shape index (κ3) is 3.22. The van der Waals surface area contributed by atoms with Crippen molar-refractivity contribution >= 4 is 11.8 Å². The molecular formula is C16H26N2O2. The Bertz CT molecular complexity index is 379. The molecule has 2 amide bonds. The Kier molecular flexibility index (Phi) is 5.21. The van der Waals surface area contributed by atoms with Crippen molar-refractivity contribution in [3.63, 3.8) is 0 Å². The molecule has 1 aliphatic heterocycles. The summed E-state index contributed by atoms with van der Waals surface area (Å²) in [7, 11) is 0. The molecule has 2 rings (SSSR count). The zero-order valence-corrected chi connectivity index (χ0v) is 12.5. The smallest absolute Gasteiger partial charge is 0.246 e. The zero-order valence-electron chi connectivity index (χ0n) is 12.5. The van der Waals surface area contributed by atoms with Gasteiger partial charge in [-0.3, -0.25) is 9.59 Å². The first-order valence-electron chi connectivity index (χ1n) is 7.88. The van der Waals surface area contributed by atoms with Gasteiger partial charge in [0.05, 0.1) is 0 Å². The van der Waals surface area contributed by atoms with Gasteiger partial charge in [0.1, 0.15) is 6.54 Å². The quantitative estimate of drug-likeness (QED) is 0.740. The maximum Gasteiger partial charge on any atom is 0.246 e. The summed E-state index contributed by atoms with van der Waals surface area (Å²) in [5.74, 6) is 0.642. The fourth-order valence-corrected chi connectivity index (χ4v) is 3.66. The molecule has 0 spiro atoms. The van der Waals surface area contributed by atoms with E-state index in [4.69, 9.17) is 0 Å². The highest BCUT2D eigenvalue weighted by Crippen LogP contribution is 2.35. The number of likely N-dealkylation sites (N-methyl/N-ethyl adjacent to an activating group) is 1. The molecular weight excluding hydrogens is 252 g/mol. The fraction of sp³-hybridized carbons (Fsp3) is 0.750. The van der Waals surface area contributed by atoms with Crippen LogP contribution in [0.1, 0.15) is 45.4 Å². The molecule has 4 nitrogen and oxygen atoms in total. The Balaban J connectivity index is 1.99. The summed E-state index contributed by atoms with van der Waals surface area (Å²) in [6.45, 7) is 7.01. The van der Waals surface area contributed by atoms with Crippen LogP contribution < -0.4 is 0 Å². The van der Waals surface area contributed by atoms with Gasteiger partial charge in [0.2, 0.25) is 11.8 Å². The molecule has 0 unspecified atom stereocenters. The molecule has 0 aromatic heterocycles. The van der Waals surface area contributed by atoms with E-state index >= 15 is 0 Å². The van der Waals surface area contributed by atoms with Crippen LogP contribution in [0.3, 0.4) is 0 Å². The van der Waals surface area contributed by atoms with Gasteiger partial charge in [-0.15, -0.1) is 0 Å². The van der Waals surface area contributed by atoms with Gasteiger partial charge < -0.3 is 9.80 Å². The van der Waals surface area contributed by atoms with Crippen LogP contribution in [0, 0.1) is 5.92 Å². The number of piperidine rings is 1. The zero-order chi connectivity index (χ0) is 14.5. The van der Waals surface area contributed by atoms with Gasteiger partial charge in [-0.25, -0.2) is 0 Å². The maximum absolute atomic E-state index is 12.5. The molecule has 1 heterocycles. The Morgan fingerprint density at radius 3 is 2.65 bits per heavy atom. The first-order valence-corrected chi connectivity index (χ1v) is 7.88. The van der Waals surface area contributed by atoms with Crippen LogP contribution >= 0.6 is 0 Å². The van der Waals surface area contributed by atoms with E-state index in [0.29, 0.717) is 18.5 Å². The minimum Gasteiger partial charge on any atom is -0.338 e. The lowest BCUT2D eigenvalue weighted by atomic mass is 9.78. The third-order valence-electron chi connectivity index (χ3n) is 4.76. The number of hydrogen-bond acceptors (Lipinski definition) is 2. The van der Waals surface area contributed by atoms with Crippen molar-refractivity contribution < 1.29 is 9.59 Å². The second-order valence-corrected chi connectivity index (χ2v) is 5.90. The minimum atomic E-state index is -0.155. The number of hydrogen-bond donors (Lipinski definition) is 0. The van der Waals surface area contributed by atoms with Gasteiger partial charge in [-0.05, 0) is 44.6 Å². The van der Waals surface area contributed by atoms with Crippen molar-refractivity contribution in [2.75, 3.05) is 19.6 Å². The van der Waals surface area contributed by atoms with E-state index in [-0.39, 0.29) is 18.4 Å². The number of fused-ring (bicyclic) bond motifs is 1. The van der Waals surface area contributed by atoms with E-state index in [9.17, 15) is 9.59 Å². The molecule has 0 bridgehead atoms. The standard InChI is InChI=1S/C16H26N2O2/c1-3-15(19)17(4-2)12-16(20)18-11-7-9-13-8-5-6-10-14(13)18/h3,13-14H,1,4-12H2,2H3/t13-,14-/m0/s1. The molecule has 2 atom stereocenters. The Labute approximate surface area is 121 Å². The van der Waals surface area contributed by atoms with Gasteiger partial charge >= 0.3 is 0 Å². The van der Waals surface area contributed by atoms with Gasteiger partial charge in [-0.1, -0.05) is 19.4 Å². The van der Waals surface area contributed by atoms with Gasteiger partial charge in [-0.2, -0.15) is 0 Å². The predicted octanol–water partition coefficient (Wildman–Crippen LogP) is 2.20. The Morgan fingerprint density at radius 2 is 1.95 bits per heavy atom. The van der Waals surface area contributed by atoms with Crippen molar-refractivity contribution in [3.05, 3.63) is 12.7 Å². The second-order valence-electron chi connectivity index (χ2n) is 5.90. The molecule has 20 heavy (non-hydrogen) atoms. The molecule has 0 aromatic carbocycles. The van der Waals surface area contributed by atoms with E-state index < -0.39 is 0 Å². The van der Waals surface area contributed by atoms with Crippen LogP contribution in [0.25, 0.3) is 0 Å². The topological polar surface area (TPSA) is 40.6 Å². The molecule has 0 N–H and O–H groups in total. The highest BCUT2D eigenvalue weighted by atomic mass is 16.2. The molecule has 2 aliphatic rings. The van der Waals surface area contributed by atoms with Crippen molar-refractivity contribution in [1.29, 1.82) is 0 Å². The average Bonchev–Trinajstić information content (AvgIpc) is 2.51. The molecule has 112 valence electrons. The molecule has 1 saturated carbocycles. The number of nitrogens with zero attached hydrogens (tertiary/aromatic N) is 2. The Morgan fingerprint density at radius 1 is 1.25 bits per heavy atom. The van der Waals surface area contributed by atoms with Crippen LogP contribution in [0.2, 0.25) is 0 Å². The summed E-state index contributed by atoms with van der Waals surface area (Å²) >= 11 is 0. The van der Waals surface area contributed by atoms with E-state index in [1.807, 2.05) is 11.8 Å². The van der Waals surface area contributed by atoms with Crippen LogP contribution in [-0.4, -0.2) is 47.3 Å². The van der Waals surface area contributed by atoms with Crippen molar-refractivity contribution in [2.45, 2.75) is 51.5 Å². The van der Waals surface area contributed by atoms with Crippen LogP contribution in [0.15, 0.2) is 12.7 Å². The molecule has 4 heteroatoms. The highest BCUT2D eigenvalue weighted by Gasteiger charge is 2.36. The summed E-state index contributed by atoms with van der Waals surface area (Å²) in [6, 6.07) is 0.419. The lowest BCUT2D eigenvalue weighted by Gasteiger charge is -2.44. The number of carbonyl (C=O) groups excluding carboxylic acids is 2. The number of rotatable bonds is 4. The molecule has 1 aliphatic carbocycles. The summed E-state index contributed by atoms with van der Waals surface area (Å²) in [5, 5.41) is 0. The van der Waals surface area contributed by atoms with Gasteiger partial charge in [0.15, 0.2) is 0 Å². The van der Waals surface area contributed by atoms with E-state index in [0.717, 1.165) is 19.4 Å². The number of amides is 2. The van der Waals surface area contributed by atoms with Gasteiger partial charge in [0, 0.05) is 19.1 Å². The van der Waals surface area contributed by atoms with Gasteiger partial charge in [0.25, 0.3) is 0 Å². The minimum absolute atomic E-state index is 0.110. The monoisotopic (exact) mass is 278 g/mol. The second kappa shape index (κ2) is 6.91. The van der Waals surface area contributed by atoms with E-state index in [1.165, 1.54) is 31.8 Å². The highest BCUT2D eigenvalue weighted by molar-refractivity contribution is 5.91.